The van der Waals surface area contributed by atoms with Crippen molar-refractivity contribution in [1.82, 2.24) is 0 Å². The van der Waals surface area contributed by atoms with Gasteiger partial charge in [0.2, 0.25) is 5.76 Å². The van der Waals surface area contributed by atoms with Gasteiger partial charge >= 0.3 is 5.97 Å². The van der Waals surface area contributed by atoms with Gasteiger partial charge in [-0.25, -0.2) is 4.79 Å². The number of anilines is 1. The second kappa shape index (κ2) is 8.57. The van der Waals surface area contributed by atoms with Gasteiger partial charge in [0.05, 0.1) is 12.5 Å². The fourth-order valence-electron chi connectivity index (χ4n) is 3.12. The summed E-state index contributed by atoms with van der Waals surface area (Å²) >= 11 is 0. The lowest BCUT2D eigenvalue weighted by Crippen LogP contribution is -2.35. The van der Waals surface area contributed by atoms with Crippen molar-refractivity contribution in [3.05, 3.63) is 54.3 Å². The van der Waals surface area contributed by atoms with Gasteiger partial charge in [-0.2, -0.15) is 5.26 Å². The van der Waals surface area contributed by atoms with Crippen molar-refractivity contribution in [2.45, 2.75) is 6.42 Å². The van der Waals surface area contributed by atoms with Crippen LogP contribution in [-0.2, 0) is 9.53 Å². The van der Waals surface area contributed by atoms with Crippen molar-refractivity contribution in [1.29, 1.82) is 5.26 Å². The molecule has 0 bridgehead atoms. The fourth-order valence-corrected chi connectivity index (χ4v) is 3.12. The number of carbonyl (C=O) groups excluding carboxylic acids is 2. The van der Waals surface area contributed by atoms with E-state index >= 15 is 0 Å². The highest BCUT2D eigenvalue weighted by Gasteiger charge is 2.22. The molecular formula is C22H18N2O6. The lowest BCUT2D eigenvalue weighted by atomic mass is 10.2. The van der Waals surface area contributed by atoms with E-state index < -0.39 is 18.5 Å². The van der Waals surface area contributed by atoms with Crippen molar-refractivity contribution >= 4 is 28.5 Å². The number of hydrogen-bond acceptors (Lipinski definition) is 7. The number of amides is 1. The summed E-state index contributed by atoms with van der Waals surface area (Å²) in [6.45, 7) is 0.534. The highest BCUT2D eigenvalue weighted by molar-refractivity contribution is 5.98. The van der Waals surface area contributed by atoms with Crippen molar-refractivity contribution < 1.29 is 28.2 Å². The summed E-state index contributed by atoms with van der Waals surface area (Å²) < 4.78 is 21.7. The summed E-state index contributed by atoms with van der Waals surface area (Å²) in [5.74, 6) is -0.0676. The first-order valence-corrected chi connectivity index (χ1v) is 9.38. The van der Waals surface area contributed by atoms with Crippen LogP contribution in [0.4, 0.5) is 5.69 Å². The Kier molecular flexibility index (Phi) is 5.52. The van der Waals surface area contributed by atoms with Gasteiger partial charge in [-0.1, -0.05) is 18.2 Å². The molecule has 1 aliphatic rings. The Morgan fingerprint density at radius 1 is 1.07 bits per heavy atom. The van der Waals surface area contributed by atoms with Gasteiger partial charge in [-0.3, -0.25) is 4.79 Å². The molecule has 1 aliphatic heterocycles. The van der Waals surface area contributed by atoms with Crippen LogP contribution in [0.25, 0.3) is 11.0 Å². The van der Waals surface area contributed by atoms with Crippen LogP contribution in [0, 0.1) is 11.3 Å². The molecule has 30 heavy (non-hydrogen) atoms. The quantitative estimate of drug-likeness (QED) is 0.579. The van der Waals surface area contributed by atoms with Gasteiger partial charge in [0.15, 0.2) is 18.1 Å². The Balaban J connectivity index is 1.46. The van der Waals surface area contributed by atoms with Crippen molar-refractivity contribution in [2.75, 3.05) is 31.3 Å². The maximum absolute atomic E-state index is 12.8. The number of furan rings is 1. The molecule has 0 fully saturated rings. The second-order valence-electron chi connectivity index (χ2n) is 6.51. The first-order chi connectivity index (χ1) is 14.7. The molecule has 0 N–H and O–H groups in total. The largest absolute Gasteiger partial charge is 0.486 e. The number of rotatable bonds is 6. The number of carbonyl (C=O) groups is 2. The van der Waals surface area contributed by atoms with E-state index in [0.717, 1.165) is 5.39 Å². The maximum Gasteiger partial charge on any atom is 0.374 e. The smallest absolute Gasteiger partial charge is 0.374 e. The summed E-state index contributed by atoms with van der Waals surface area (Å²) in [7, 11) is 0. The molecule has 0 saturated heterocycles. The monoisotopic (exact) mass is 406 g/mol. The molecule has 0 unspecified atom stereocenters. The first kappa shape index (κ1) is 19.3. The molecule has 2 heterocycles. The van der Waals surface area contributed by atoms with Crippen LogP contribution in [0.1, 0.15) is 17.0 Å². The van der Waals surface area contributed by atoms with Crippen LogP contribution in [0.15, 0.2) is 52.9 Å². The normalized spacial score (nSPS) is 12.2. The van der Waals surface area contributed by atoms with Gasteiger partial charge in [0.25, 0.3) is 5.91 Å². The van der Waals surface area contributed by atoms with Crippen LogP contribution < -0.4 is 14.4 Å². The van der Waals surface area contributed by atoms with Gasteiger partial charge < -0.3 is 23.5 Å². The second-order valence-corrected chi connectivity index (χ2v) is 6.51. The number of nitrogens with zero attached hydrogens (tertiary/aromatic N) is 2. The lowest BCUT2D eigenvalue weighted by molar-refractivity contribution is -0.121. The van der Waals surface area contributed by atoms with E-state index in [2.05, 4.69) is 0 Å². The Hall–Kier alpha value is -3.99. The molecule has 1 aromatic heterocycles. The van der Waals surface area contributed by atoms with Crippen LogP contribution in [-0.4, -0.2) is 38.2 Å². The lowest BCUT2D eigenvalue weighted by Gasteiger charge is -2.24. The number of ether oxygens (including phenoxy) is 3. The number of esters is 1. The Bertz CT molecular complexity index is 1100. The molecule has 0 spiro atoms. The SMILES string of the molecule is N#CCCN(C(=O)COC(=O)c1cc2ccccc2o1)c1ccc2c(c1)OCCO2. The molecule has 0 aliphatic carbocycles. The third kappa shape index (κ3) is 4.05. The van der Waals surface area contributed by atoms with Crippen LogP contribution in [0.3, 0.4) is 0 Å². The molecule has 0 radical (unpaired) electrons. The van der Waals surface area contributed by atoms with E-state index in [1.165, 1.54) is 4.90 Å². The van der Waals surface area contributed by atoms with E-state index in [4.69, 9.17) is 23.9 Å². The van der Waals surface area contributed by atoms with Gasteiger partial charge in [-0.15, -0.1) is 0 Å². The highest BCUT2D eigenvalue weighted by atomic mass is 16.6. The minimum Gasteiger partial charge on any atom is -0.486 e. The van der Waals surface area contributed by atoms with Crippen molar-refractivity contribution in [3.8, 4) is 17.6 Å². The van der Waals surface area contributed by atoms with Crippen LogP contribution in [0.2, 0.25) is 0 Å². The number of nitriles is 1. The van der Waals surface area contributed by atoms with E-state index in [0.29, 0.717) is 36.0 Å². The van der Waals surface area contributed by atoms with Gasteiger partial charge in [-0.05, 0) is 24.3 Å². The molecule has 152 valence electrons. The van der Waals surface area contributed by atoms with Gasteiger partial charge in [0, 0.05) is 23.7 Å². The summed E-state index contributed by atoms with van der Waals surface area (Å²) in [4.78, 5) is 26.5. The zero-order valence-corrected chi connectivity index (χ0v) is 16.0. The number of fused-ring (bicyclic) bond motifs is 2. The Morgan fingerprint density at radius 3 is 2.67 bits per heavy atom. The average Bonchev–Trinajstić information content (AvgIpc) is 3.22. The molecule has 8 nitrogen and oxygen atoms in total. The Labute approximate surface area is 172 Å². The van der Waals surface area contributed by atoms with Crippen molar-refractivity contribution in [2.24, 2.45) is 0 Å². The molecule has 2 aromatic carbocycles. The highest BCUT2D eigenvalue weighted by Crippen LogP contribution is 2.34. The maximum atomic E-state index is 12.8. The van der Waals surface area contributed by atoms with E-state index in [1.54, 1.807) is 36.4 Å². The summed E-state index contributed by atoms with van der Waals surface area (Å²) in [5, 5.41) is 9.71. The number of benzene rings is 2. The molecule has 0 saturated carbocycles. The van der Waals surface area contributed by atoms with Crippen molar-refractivity contribution in [3.63, 3.8) is 0 Å². The summed E-state index contributed by atoms with van der Waals surface area (Å²) in [6, 6.07) is 15.8. The van der Waals surface area contributed by atoms with E-state index in [1.807, 2.05) is 18.2 Å². The topological polar surface area (TPSA) is 102 Å². The number of hydrogen-bond donors (Lipinski definition) is 0. The third-order valence-corrected chi connectivity index (χ3v) is 4.54. The van der Waals surface area contributed by atoms with Crippen LogP contribution in [0.5, 0.6) is 11.5 Å². The molecule has 1 amide bonds. The molecule has 8 heteroatoms. The minimum atomic E-state index is -0.734. The molecule has 4 rings (SSSR count). The fraction of sp³-hybridized carbons (Fsp3) is 0.227. The summed E-state index contributed by atoms with van der Waals surface area (Å²) in [5.41, 5.74) is 1.09. The average molecular weight is 406 g/mol. The standard InChI is InChI=1S/C22H18N2O6/c23-8-3-9-24(16-6-7-18-19(13-16)28-11-10-27-18)21(25)14-29-22(26)20-12-15-4-1-2-5-17(15)30-20/h1-2,4-7,12-13H,3,9-11,14H2. The number of para-hydroxylation sites is 1. The molecule has 3 aromatic rings. The van der Waals surface area contributed by atoms with E-state index in [-0.39, 0.29) is 18.7 Å². The predicted molar refractivity (Wildman–Crippen MR) is 107 cm³/mol. The zero-order valence-electron chi connectivity index (χ0n) is 16.0. The van der Waals surface area contributed by atoms with E-state index in [9.17, 15) is 9.59 Å². The predicted octanol–water partition coefficient (Wildman–Crippen LogP) is 3.31. The zero-order chi connectivity index (χ0) is 20.9. The van der Waals surface area contributed by atoms with Gasteiger partial charge in [0.1, 0.15) is 18.8 Å². The molecular weight excluding hydrogens is 388 g/mol. The van der Waals surface area contributed by atoms with Crippen LogP contribution >= 0.6 is 0 Å². The molecule has 0 atom stereocenters. The summed E-state index contributed by atoms with van der Waals surface area (Å²) in [6.07, 6.45) is 0.123. The Morgan fingerprint density at radius 2 is 1.87 bits per heavy atom. The first-order valence-electron chi connectivity index (χ1n) is 9.38. The minimum absolute atomic E-state index is 0.0203. The third-order valence-electron chi connectivity index (χ3n) is 4.54.